The van der Waals surface area contributed by atoms with E-state index >= 15 is 0 Å². The molecule has 1 heterocycles. The van der Waals surface area contributed by atoms with Crippen LogP contribution in [0.25, 0.3) is 0 Å². The van der Waals surface area contributed by atoms with E-state index in [-0.39, 0.29) is 12.0 Å². The summed E-state index contributed by atoms with van der Waals surface area (Å²) in [5.41, 5.74) is 4.69. The molecule has 1 atom stereocenters. The van der Waals surface area contributed by atoms with Gasteiger partial charge in [-0.3, -0.25) is 0 Å². The van der Waals surface area contributed by atoms with Crippen LogP contribution in [0.2, 0.25) is 0 Å². The molecule has 0 saturated heterocycles. The van der Waals surface area contributed by atoms with Crippen LogP contribution in [0.5, 0.6) is 0 Å². The smallest absolute Gasteiger partial charge is 0.144 e. The quantitative estimate of drug-likeness (QED) is 0.663. The molecule has 0 N–H and O–H groups in total. The predicted octanol–water partition coefficient (Wildman–Crippen LogP) is 5.01. The summed E-state index contributed by atoms with van der Waals surface area (Å²) in [6.07, 6.45) is 0.836. The van der Waals surface area contributed by atoms with E-state index in [0.717, 1.165) is 17.7 Å². The van der Waals surface area contributed by atoms with Crippen molar-refractivity contribution in [3.05, 3.63) is 108 Å². The molecular formula is C22H19NO. The molecule has 118 valence electrons. The maximum atomic E-state index is 5.88. The van der Waals surface area contributed by atoms with E-state index in [4.69, 9.17) is 4.84 Å². The molecule has 4 rings (SSSR count). The van der Waals surface area contributed by atoms with E-state index < -0.39 is 0 Å². The fourth-order valence-corrected chi connectivity index (χ4v) is 3.32. The van der Waals surface area contributed by atoms with E-state index in [9.17, 15) is 0 Å². The summed E-state index contributed by atoms with van der Waals surface area (Å²) in [5.74, 6) is 0.178. The molecule has 0 aliphatic carbocycles. The summed E-state index contributed by atoms with van der Waals surface area (Å²) in [5, 5.41) is 4.38. The molecule has 24 heavy (non-hydrogen) atoms. The van der Waals surface area contributed by atoms with Gasteiger partial charge in [0.25, 0.3) is 0 Å². The summed E-state index contributed by atoms with van der Waals surface area (Å²) < 4.78 is 0. The summed E-state index contributed by atoms with van der Waals surface area (Å²) in [6.45, 7) is 0. The van der Waals surface area contributed by atoms with Crippen molar-refractivity contribution in [1.29, 1.82) is 0 Å². The molecular weight excluding hydrogens is 294 g/mol. The largest absolute Gasteiger partial charge is 0.391 e. The Labute approximate surface area is 142 Å². The van der Waals surface area contributed by atoms with Crippen LogP contribution in [-0.4, -0.2) is 11.8 Å². The van der Waals surface area contributed by atoms with E-state index in [0.29, 0.717) is 0 Å². The molecule has 0 fully saturated rings. The van der Waals surface area contributed by atoms with Gasteiger partial charge in [-0.25, -0.2) is 0 Å². The van der Waals surface area contributed by atoms with Gasteiger partial charge in [-0.1, -0.05) is 96.2 Å². The lowest BCUT2D eigenvalue weighted by Crippen LogP contribution is -2.20. The summed E-state index contributed by atoms with van der Waals surface area (Å²) in [4.78, 5) is 5.88. The zero-order chi connectivity index (χ0) is 16.2. The minimum atomic E-state index is 0.0185. The summed E-state index contributed by atoms with van der Waals surface area (Å²) >= 11 is 0. The van der Waals surface area contributed by atoms with Gasteiger partial charge in [0.2, 0.25) is 0 Å². The van der Waals surface area contributed by atoms with Gasteiger partial charge < -0.3 is 4.84 Å². The summed E-state index contributed by atoms with van der Waals surface area (Å²) in [7, 11) is 0. The second-order valence-corrected chi connectivity index (χ2v) is 6.05. The molecule has 1 unspecified atom stereocenters. The number of hydrogen-bond donors (Lipinski definition) is 0. The minimum Gasteiger partial charge on any atom is -0.391 e. The molecule has 0 bridgehead atoms. The Hall–Kier alpha value is -2.87. The molecule has 1 aliphatic heterocycles. The highest BCUT2D eigenvalue weighted by molar-refractivity contribution is 6.01. The normalized spacial score (nSPS) is 16.7. The third-order valence-electron chi connectivity index (χ3n) is 4.49. The average Bonchev–Trinajstić information content (AvgIpc) is 3.14. The maximum absolute atomic E-state index is 5.88. The fourth-order valence-electron chi connectivity index (χ4n) is 3.32. The molecule has 0 aromatic heterocycles. The Balaban J connectivity index is 1.64. The van der Waals surface area contributed by atoms with Crippen LogP contribution >= 0.6 is 0 Å². The third kappa shape index (κ3) is 2.95. The first-order chi connectivity index (χ1) is 11.9. The standard InChI is InChI=1S/C22H19NO/c1-4-10-17(11-5-1)20-16-21(24-23-20)22(18-12-6-2-7-13-18)19-14-8-3-9-15-19/h1-15,21-22H,16H2. The van der Waals surface area contributed by atoms with Crippen LogP contribution in [-0.2, 0) is 4.84 Å². The van der Waals surface area contributed by atoms with Gasteiger partial charge in [-0.2, -0.15) is 0 Å². The Bertz CT molecular complexity index is 773. The highest BCUT2D eigenvalue weighted by Crippen LogP contribution is 2.34. The van der Waals surface area contributed by atoms with Crippen molar-refractivity contribution < 1.29 is 4.84 Å². The van der Waals surface area contributed by atoms with Gasteiger partial charge >= 0.3 is 0 Å². The highest BCUT2D eigenvalue weighted by Gasteiger charge is 2.32. The van der Waals surface area contributed by atoms with Crippen molar-refractivity contribution in [2.45, 2.75) is 18.4 Å². The van der Waals surface area contributed by atoms with Gasteiger partial charge in [0, 0.05) is 12.3 Å². The second kappa shape index (κ2) is 6.71. The molecule has 2 nitrogen and oxygen atoms in total. The minimum absolute atomic E-state index is 0.0185. The second-order valence-electron chi connectivity index (χ2n) is 6.05. The predicted molar refractivity (Wildman–Crippen MR) is 97.2 cm³/mol. The van der Waals surface area contributed by atoms with Crippen molar-refractivity contribution in [2.24, 2.45) is 5.16 Å². The van der Waals surface area contributed by atoms with Gasteiger partial charge in [0.15, 0.2) is 0 Å². The van der Waals surface area contributed by atoms with Crippen molar-refractivity contribution in [2.75, 3.05) is 0 Å². The molecule has 0 spiro atoms. The fraction of sp³-hybridized carbons (Fsp3) is 0.136. The molecule has 0 amide bonds. The zero-order valence-electron chi connectivity index (χ0n) is 13.4. The first-order valence-corrected chi connectivity index (χ1v) is 8.30. The first-order valence-electron chi connectivity index (χ1n) is 8.30. The van der Waals surface area contributed by atoms with Crippen molar-refractivity contribution >= 4 is 5.71 Å². The summed E-state index contributed by atoms with van der Waals surface area (Å²) in [6, 6.07) is 31.4. The Morgan fingerprint density at radius 1 is 0.708 bits per heavy atom. The monoisotopic (exact) mass is 313 g/mol. The number of rotatable bonds is 4. The lowest BCUT2D eigenvalue weighted by Gasteiger charge is -2.22. The topological polar surface area (TPSA) is 21.6 Å². The van der Waals surface area contributed by atoms with Crippen LogP contribution < -0.4 is 0 Å². The van der Waals surface area contributed by atoms with Gasteiger partial charge in [0.05, 0.1) is 5.71 Å². The lowest BCUT2D eigenvalue weighted by molar-refractivity contribution is 0.0735. The van der Waals surface area contributed by atoms with Crippen LogP contribution in [0.15, 0.2) is 96.2 Å². The van der Waals surface area contributed by atoms with Crippen molar-refractivity contribution in [3.63, 3.8) is 0 Å². The first kappa shape index (κ1) is 14.7. The van der Waals surface area contributed by atoms with Gasteiger partial charge in [-0.05, 0) is 16.7 Å². The van der Waals surface area contributed by atoms with E-state index in [1.807, 2.05) is 30.3 Å². The Kier molecular flexibility index (Phi) is 4.11. The SMILES string of the molecule is c1ccc(C2=NOC(C(c3ccccc3)c3ccccc3)C2)cc1. The Morgan fingerprint density at radius 2 is 1.21 bits per heavy atom. The molecule has 0 saturated carbocycles. The Morgan fingerprint density at radius 3 is 1.75 bits per heavy atom. The van der Waals surface area contributed by atoms with E-state index in [1.54, 1.807) is 0 Å². The van der Waals surface area contributed by atoms with Crippen LogP contribution in [0.3, 0.4) is 0 Å². The number of benzene rings is 3. The third-order valence-corrected chi connectivity index (χ3v) is 4.49. The molecule has 2 heteroatoms. The molecule has 3 aromatic rings. The number of hydrogen-bond acceptors (Lipinski definition) is 2. The van der Waals surface area contributed by atoms with Crippen LogP contribution in [0, 0.1) is 0 Å². The van der Waals surface area contributed by atoms with Crippen molar-refractivity contribution in [3.8, 4) is 0 Å². The molecule has 3 aromatic carbocycles. The van der Waals surface area contributed by atoms with E-state index in [2.05, 4.69) is 65.8 Å². The number of nitrogens with zero attached hydrogens (tertiary/aromatic N) is 1. The molecule has 1 aliphatic rings. The van der Waals surface area contributed by atoms with Crippen molar-refractivity contribution in [1.82, 2.24) is 0 Å². The zero-order valence-corrected chi connectivity index (χ0v) is 13.4. The lowest BCUT2D eigenvalue weighted by atomic mass is 9.84. The molecule has 0 radical (unpaired) electrons. The average molecular weight is 313 g/mol. The highest BCUT2D eigenvalue weighted by atomic mass is 16.6. The van der Waals surface area contributed by atoms with Gasteiger partial charge in [0.1, 0.15) is 6.10 Å². The maximum Gasteiger partial charge on any atom is 0.144 e. The van der Waals surface area contributed by atoms with Crippen LogP contribution in [0.1, 0.15) is 29.0 Å². The number of oxime groups is 1. The van der Waals surface area contributed by atoms with Gasteiger partial charge in [-0.15, -0.1) is 0 Å². The van der Waals surface area contributed by atoms with Crippen LogP contribution in [0.4, 0.5) is 0 Å². The van der Waals surface area contributed by atoms with E-state index in [1.165, 1.54) is 11.1 Å².